The summed E-state index contributed by atoms with van der Waals surface area (Å²) in [5, 5.41) is 24.1. The minimum absolute atomic E-state index is 0.361. The van der Waals surface area contributed by atoms with E-state index in [0.29, 0.717) is 0 Å². The molecule has 10 nitrogen and oxygen atoms in total. The van der Waals surface area contributed by atoms with Crippen molar-refractivity contribution < 1.29 is 43.7 Å². The van der Waals surface area contributed by atoms with Gasteiger partial charge >= 0.3 is 29.8 Å². The summed E-state index contributed by atoms with van der Waals surface area (Å²) in [4.78, 5) is 54.0. The molecule has 1 aromatic rings. The van der Waals surface area contributed by atoms with Gasteiger partial charge in [0.05, 0.1) is 11.1 Å². The van der Waals surface area contributed by atoms with Gasteiger partial charge in [-0.15, -0.1) is 0 Å². The van der Waals surface area contributed by atoms with Crippen LogP contribution >= 0.6 is 0 Å². The minimum atomic E-state index is -2.00. The van der Waals surface area contributed by atoms with Crippen LogP contribution in [-0.2, 0) is 28.7 Å². The van der Waals surface area contributed by atoms with Crippen LogP contribution in [0.4, 0.5) is 0 Å². The van der Waals surface area contributed by atoms with Gasteiger partial charge in [-0.2, -0.15) is 0 Å². The highest BCUT2D eigenvalue weighted by molar-refractivity contribution is 6.32. The lowest BCUT2D eigenvalue weighted by atomic mass is 10.1. The third kappa shape index (κ3) is 3.96. The number of esters is 3. The minimum Gasteiger partial charge on any atom is -0.473 e. The number of carboxylic acid groups (broad SMARTS) is 2. The van der Waals surface area contributed by atoms with Crippen LogP contribution in [0.15, 0.2) is 24.3 Å². The van der Waals surface area contributed by atoms with E-state index in [2.05, 4.69) is 9.47 Å². The average Bonchev–Trinajstić information content (AvgIpc) is 2.46. The van der Waals surface area contributed by atoms with Gasteiger partial charge < -0.3 is 19.7 Å². The van der Waals surface area contributed by atoms with Crippen LogP contribution < -0.4 is 0 Å². The maximum absolute atomic E-state index is 11.6. The molecule has 22 heavy (non-hydrogen) atoms. The van der Waals surface area contributed by atoms with Crippen LogP contribution in [0.1, 0.15) is 15.9 Å². The zero-order valence-electron chi connectivity index (χ0n) is 10.6. The zero-order valence-corrected chi connectivity index (χ0v) is 10.6. The second-order valence-corrected chi connectivity index (χ2v) is 3.55. The number of hydrogen-bond donors (Lipinski definition) is 3. The van der Waals surface area contributed by atoms with Crippen LogP contribution in [0.5, 0.6) is 0 Å². The van der Waals surface area contributed by atoms with Gasteiger partial charge in [-0.05, 0) is 12.1 Å². The first kappa shape index (κ1) is 16.5. The van der Waals surface area contributed by atoms with Gasteiger partial charge in [0.15, 0.2) is 0 Å². The van der Waals surface area contributed by atoms with Gasteiger partial charge in [0.2, 0.25) is 5.90 Å². The fraction of sp³-hybridized carbons (Fsp3) is 0. The maximum atomic E-state index is 11.6. The summed E-state index contributed by atoms with van der Waals surface area (Å²) >= 11 is 0. The number of carbonyl (C=O) groups is 5. The highest BCUT2D eigenvalue weighted by atomic mass is 16.6. The quantitative estimate of drug-likeness (QED) is 0.212. The smallest absolute Gasteiger partial charge is 0.425 e. The fourth-order valence-electron chi connectivity index (χ4n) is 1.23. The summed E-state index contributed by atoms with van der Waals surface area (Å²) < 4.78 is 8.19. The maximum Gasteiger partial charge on any atom is 0.425 e. The Morgan fingerprint density at radius 1 is 0.818 bits per heavy atom. The number of carboxylic acids is 2. The van der Waals surface area contributed by atoms with E-state index in [1.54, 1.807) is 0 Å². The van der Waals surface area contributed by atoms with E-state index in [1.165, 1.54) is 12.1 Å². The molecule has 0 atom stereocenters. The first-order chi connectivity index (χ1) is 10.2. The lowest BCUT2D eigenvalue weighted by Crippen LogP contribution is -2.24. The lowest BCUT2D eigenvalue weighted by Gasteiger charge is -2.08. The number of rotatable bonds is 2. The van der Waals surface area contributed by atoms with E-state index >= 15 is 0 Å². The second-order valence-electron chi connectivity index (χ2n) is 3.55. The Labute approximate surface area is 121 Å². The van der Waals surface area contributed by atoms with Gasteiger partial charge in [-0.25, -0.2) is 24.0 Å². The van der Waals surface area contributed by atoms with Crippen LogP contribution in [0.2, 0.25) is 0 Å². The van der Waals surface area contributed by atoms with E-state index in [1.807, 2.05) is 0 Å². The lowest BCUT2D eigenvalue weighted by molar-refractivity contribution is -0.160. The predicted octanol–water partition coefficient (Wildman–Crippen LogP) is -0.592. The van der Waals surface area contributed by atoms with Gasteiger partial charge in [0, 0.05) is 0 Å². The first-order valence-electron chi connectivity index (χ1n) is 5.36. The summed E-state index contributed by atoms with van der Waals surface area (Å²) in [6, 6.07) is 4.81. The molecule has 0 saturated carbocycles. The largest absolute Gasteiger partial charge is 0.473 e. The highest BCUT2D eigenvalue weighted by Crippen LogP contribution is 2.12. The number of benzene rings is 1. The highest BCUT2D eigenvalue weighted by Gasteiger charge is 2.25. The Bertz CT molecular complexity index is 633. The third-order valence-corrected chi connectivity index (χ3v) is 2.12. The molecular formula is C12H7NO9. The van der Waals surface area contributed by atoms with Crippen LogP contribution in [-0.4, -0.2) is 46.0 Å². The molecule has 0 saturated heterocycles. The number of aliphatic carboxylic acids is 2. The van der Waals surface area contributed by atoms with Crippen molar-refractivity contribution in [1.82, 2.24) is 0 Å². The first-order valence-corrected chi connectivity index (χ1v) is 5.36. The van der Waals surface area contributed by atoms with E-state index < -0.39 is 41.3 Å². The predicted molar refractivity (Wildman–Crippen MR) is 65.1 cm³/mol. The number of carbonyl (C=O) groups excluding carboxylic acids is 3. The van der Waals surface area contributed by atoms with Crippen molar-refractivity contribution in [2.24, 2.45) is 0 Å². The fourth-order valence-corrected chi connectivity index (χ4v) is 1.23. The van der Waals surface area contributed by atoms with Gasteiger partial charge in [-0.3, -0.25) is 5.41 Å². The summed E-state index contributed by atoms with van der Waals surface area (Å²) in [6.07, 6.45) is 0. The standard InChI is InChI=1S/C12H7NO9/c13-7(21-11(19)8(14)15)5-3-1-2-4-6(5)10(18)22-12(20)9(16)17/h1-4,13H,(H,14,15)(H,16,17). The van der Waals surface area contributed by atoms with Crippen molar-refractivity contribution in [1.29, 1.82) is 5.41 Å². The Morgan fingerprint density at radius 2 is 1.27 bits per heavy atom. The van der Waals surface area contributed by atoms with Crippen LogP contribution in [0, 0.1) is 5.41 Å². The average molecular weight is 309 g/mol. The van der Waals surface area contributed by atoms with Gasteiger partial charge in [-0.1, -0.05) is 12.1 Å². The van der Waals surface area contributed by atoms with E-state index in [-0.39, 0.29) is 5.56 Å². The molecule has 0 radical (unpaired) electrons. The summed E-state index contributed by atoms with van der Waals surface area (Å²) in [5.74, 6) is -9.94. The molecule has 1 rings (SSSR count). The normalized spacial score (nSPS) is 9.45. The third-order valence-electron chi connectivity index (χ3n) is 2.12. The summed E-state index contributed by atoms with van der Waals surface area (Å²) in [7, 11) is 0. The number of nitrogens with one attached hydrogen (secondary N) is 1. The molecule has 0 amide bonds. The summed E-state index contributed by atoms with van der Waals surface area (Å²) in [6.45, 7) is 0. The van der Waals surface area contributed by atoms with E-state index in [0.717, 1.165) is 12.1 Å². The molecular weight excluding hydrogens is 302 g/mol. The molecule has 0 aliphatic carbocycles. The van der Waals surface area contributed by atoms with Crippen molar-refractivity contribution in [2.45, 2.75) is 0 Å². The Kier molecular flexibility index (Phi) is 5.06. The SMILES string of the molecule is N=C(OC(=O)C(=O)O)c1ccccc1C(=O)OC(=O)C(=O)O. The number of ether oxygens (including phenoxy) is 2. The molecule has 1 aromatic carbocycles. The van der Waals surface area contributed by atoms with Gasteiger partial charge in [0.1, 0.15) is 0 Å². The Morgan fingerprint density at radius 3 is 1.77 bits per heavy atom. The summed E-state index contributed by atoms with van der Waals surface area (Å²) in [5.41, 5.74) is -0.819. The van der Waals surface area contributed by atoms with Crippen molar-refractivity contribution in [3.63, 3.8) is 0 Å². The molecule has 114 valence electrons. The van der Waals surface area contributed by atoms with Crippen molar-refractivity contribution in [2.75, 3.05) is 0 Å². The molecule has 0 aliphatic rings. The molecule has 10 heteroatoms. The Hall–Kier alpha value is -3.56. The van der Waals surface area contributed by atoms with E-state index in [4.69, 9.17) is 15.6 Å². The second kappa shape index (κ2) is 6.74. The number of hydrogen-bond acceptors (Lipinski definition) is 8. The van der Waals surface area contributed by atoms with Crippen molar-refractivity contribution >= 4 is 35.7 Å². The van der Waals surface area contributed by atoms with Crippen molar-refractivity contribution in [3.8, 4) is 0 Å². The monoisotopic (exact) mass is 309 g/mol. The van der Waals surface area contributed by atoms with Crippen LogP contribution in [0.25, 0.3) is 0 Å². The van der Waals surface area contributed by atoms with Crippen LogP contribution in [0.3, 0.4) is 0 Å². The molecule has 0 aliphatic heterocycles. The molecule has 0 spiro atoms. The topological polar surface area (TPSA) is 168 Å². The molecule has 0 bridgehead atoms. The Balaban J connectivity index is 3.04. The van der Waals surface area contributed by atoms with Gasteiger partial charge in [0.25, 0.3) is 0 Å². The molecule has 3 N–H and O–H groups in total. The molecule has 0 heterocycles. The molecule has 0 fully saturated rings. The molecule has 0 unspecified atom stereocenters. The molecule has 0 aromatic heterocycles. The van der Waals surface area contributed by atoms with E-state index in [9.17, 15) is 24.0 Å². The zero-order chi connectivity index (χ0) is 16.9. The van der Waals surface area contributed by atoms with Crippen molar-refractivity contribution in [3.05, 3.63) is 35.4 Å².